The van der Waals surface area contributed by atoms with Crippen LogP contribution in [0.25, 0.3) is 0 Å². The molecular formula is C30H39NO4. The molecule has 2 aliphatic carbocycles. The molecule has 1 saturated heterocycles. The molecular weight excluding hydrogens is 438 g/mol. The maximum atomic E-state index is 13.0. The summed E-state index contributed by atoms with van der Waals surface area (Å²) in [4.78, 5) is 13.0. The van der Waals surface area contributed by atoms with E-state index in [1.165, 1.54) is 5.56 Å². The topological polar surface area (TPSA) is 67.8 Å². The van der Waals surface area contributed by atoms with Gasteiger partial charge in [0, 0.05) is 24.8 Å². The Hall–Kier alpha value is -2.21. The number of aliphatic hydroxyl groups is 1. The van der Waals surface area contributed by atoms with E-state index in [1.807, 2.05) is 36.4 Å². The van der Waals surface area contributed by atoms with Gasteiger partial charge in [-0.05, 0) is 54.1 Å². The van der Waals surface area contributed by atoms with Gasteiger partial charge in [0.15, 0.2) is 6.29 Å². The lowest BCUT2D eigenvalue weighted by Crippen LogP contribution is -2.63. The number of aliphatic hydroxyl groups excluding tert-OH is 1. The Balaban J connectivity index is 1.26. The van der Waals surface area contributed by atoms with Gasteiger partial charge in [-0.2, -0.15) is 0 Å². The zero-order valence-corrected chi connectivity index (χ0v) is 21.0. The summed E-state index contributed by atoms with van der Waals surface area (Å²) in [6.07, 6.45) is 4.18. The van der Waals surface area contributed by atoms with Crippen LogP contribution >= 0.6 is 0 Å². The van der Waals surface area contributed by atoms with Crippen LogP contribution in [-0.2, 0) is 27.2 Å². The van der Waals surface area contributed by atoms with Crippen LogP contribution in [-0.4, -0.2) is 36.1 Å². The third-order valence-corrected chi connectivity index (χ3v) is 9.21. The second-order valence-electron chi connectivity index (χ2n) is 11.4. The van der Waals surface area contributed by atoms with E-state index < -0.39 is 6.10 Å². The molecule has 1 heterocycles. The standard InChI is InChI=1S/C30H39NO4/c1-29-16-15-26-30(2,20-34-28(35-26)17-21-9-5-3-6-10-21)25(29)14-13-24(32)23(29)18-27(33)31-19-22-11-7-4-8-12-22/h3-12,23-26,28,32H,13-20H2,1-2H3,(H,31,33)/t23-,24-,25-,26-,28-,29+,30+/m1/s1. The van der Waals surface area contributed by atoms with E-state index >= 15 is 0 Å². The Kier molecular flexibility index (Phi) is 7.02. The zero-order chi connectivity index (χ0) is 24.5. The van der Waals surface area contributed by atoms with Crippen LogP contribution in [0.15, 0.2) is 60.7 Å². The molecule has 35 heavy (non-hydrogen) atoms. The first-order valence-electron chi connectivity index (χ1n) is 13.2. The average Bonchev–Trinajstić information content (AvgIpc) is 2.86. The van der Waals surface area contributed by atoms with Crippen LogP contribution < -0.4 is 5.32 Å². The summed E-state index contributed by atoms with van der Waals surface area (Å²) >= 11 is 0. The van der Waals surface area contributed by atoms with Crippen molar-refractivity contribution >= 4 is 5.91 Å². The van der Waals surface area contributed by atoms with Crippen molar-refractivity contribution in [1.29, 1.82) is 0 Å². The molecule has 7 atom stereocenters. The van der Waals surface area contributed by atoms with Crippen LogP contribution in [0.5, 0.6) is 0 Å². The molecule has 188 valence electrons. The summed E-state index contributed by atoms with van der Waals surface area (Å²) in [5.74, 6) is 0.310. The van der Waals surface area contributed by atoms with Crippen molar-refractivity contribution in [3.8, 4) is 0 Å². The number of ether oxygens (including phenoxy) is 2. The third kappa shape index (κ3) is 4.91. The molecule has 0 spiro atoms. The normalized spacial score (nSPS) is 36.6. The van der Waals surface area contributed by atoms with Gasteiger partial charge in [-0.1, -0.05) is 74.5 Å². The summed E-state index contributed by atoms with van der Waals surface area (Å²) < 4.78 is 12.9. The number of hydrogen-bond acceptors (Lipinski definition) is 4. The van der Waals surface area contributed by atoms with Gasteiger partial charge in [0.2, 0.25) is 5.91 Å². The van der Waals surface area contributed by atoms with Gasteiger partial charge in [0.25, 0.3) is 0 Å². The first-order chi connectivity index (χ1) is 16.9. The zero-order valence-electron chi connectivity index (χ0n) is 21.0. The van der Waals surface area contributed by atoms with Gasteiger partial charge in [0.05, 0.1) is 18.8 Å². The first kappa shape index (κ1) is 24.5. The van der Waals surface area contributed by atoms with Gasteiger partial charge in [-0.3, -0.25) is 4.79 Å². The smallest absolute Gasteiger partial charge is 0.220 e. The predicted octanol–water partition coefficient (Wildman–Crippen LogP) is 4.87. The lowest BCUT2D eigenvalue weighted by atomic mass is 9.46. The molecule has 3 fully saturated rings. The molecule has 5 heteroatoms. The molecule has 2 N–H and O–H groups in total. The summed E-state index contributed by atoms with van der Waals surface area (Å²) in [5.41, 5.74) is 2.08. The van der Waals surface area contributed by atoms with Crippen LogP contribution in [0.2, 0.25) is 0 Å². The van der Waals surface area contributed by atoms with Crippen LogP contribution in [0.1, 0.15) is 57.1 Å². The van der Waals surface area contributed by atoms with Gasteiger partial charge in [-0.25, -0.2) is 0 Å². The van der Waals surface area contributed by atoms with Crippen molar-refractivity contribution < 1.29 is 19.4 Å². The van der Waals surface area contributed by atoms with Crippen molar-refractivity contribution in [2.45, 2.75) is 77.4 Å². The molecule has 0 aromatic heterocycles. The second-order valence-corrected chi connectivity index (χ2v) is 11.4. The molecule has 2 aromatic rings. The number of carbonyl (C=O) groups is 1. The summed E-state index contributed by atoms with van der Waals surface area (Å²) in [6.45, 7) is 5.79. The number of fused-ring (bicyclic) bond motifs is 3. The number of hydrogen-bond donors (Lipinski definition) is 2. The van der Waals surface area contributed by atoms with E-state index in [2.05, 4.69) is 43.4 Å². The molecule has 1 aliphatic heterocycles. The molecule has 0 unspecified atom stereocenters. The van der Waals surface area contributed by atoms with Gasteiger partial charge in [-0.15, -0.1) is 0 Å². The van der Waals surface area contributed by atoms with Gasteiger partial charge >= 0.3 is 0 Å². The molecule has 0 radical (unpaired) electrons. The number of rotatable bonds is 6. The molecule has 3 aliphatic rings. The lowest BCUT2D eigenvalue weighted by Gasteiger charge is -2.63. The summed E-state index contributed by atoms with van der Waals surface area (Å²) in [7, 11) is 0. The number of nitrogens with one attached hydrogen (secondary N) is 1. The largest absolute Gasteiger partial charge is 0.393 e. The average molecular weight is 478 g/mol. The Morgan fingerprint density at radius 1 is 0.971 bits per heavy atom. The van der Waals surface area contributed by atoms with Crippen molar-refractivity contribution in [1.82, 2.24) is 5.32 Å². The van der Waals surface area contributed by atoms with Crippen molar-refractivity contribution in [2.75, 3.05) is 6.61 Å². The summed E-state index contributed by atoms with van der Waals surface area (Å²) in [6, 6.07) is 20.3. The number of carbonyl (C=O) groups excluding carboxylic acids is 1. The van der Waals surface area contributed by atoms with E-state index in [9.17, 15) is 9.90 Å². The Bertz CT molecular complexity index is 998. The summed E-state index contributed by atoms with van der Waals surface area (Å²) in [5, 5.41) is 14.1. The number of amides is 1. The van der Waals surface area contributed by atoms with Crippen molar-refractivity contribution in [3.63, 3.8) is 0 Å². The Morgan fingerprint density at radius 3 is 2.37 bits per heavy atom. The van der Waals surface area contributed by atoms with Crippen LogP contribution in [0.4, 0.5) is 0 Å². The minimum atomic E-state index is -0.449. The third-order valence-electron chi connectivity index (χ3n) is 9.21. The fourth-order valence-corrected chi connectivity index (χ4v) is 7.27. The van der Waals surface area contributed by atoms with E-state index in [1.54, 1.807) is 0 Å². The quantitative estimate of drug-likeness (QED) is 0.623. The first-order valence-corrected chi connectivity index (χ1v) is 13.2. The van der Waals surface area contributed by atoms with Gasteiger partial charge < -0.3 is 19.9 Å². The molecule has 2 aromatic carbocycles. The van der Waals surface area contributed by atoms with E-state index in [-0.39, 0.29) is 35.0 Å². The van der Waals surface area contributed by atoms with Crippen LogP contribution in [0.3, 0.4) is 0 Å². The molecule has 1 amide bonds. The fraction of sp³-hybridized carbons (Fsp3) is 0.567. The molecule has 5 nitrogen and oxygen atoms in total. The molecule has 2 saturated carbocycles. The second kappa shape index (κ2) is 10.0. The number of benzene rings is 2. The minimum Gasteiger partial charge on any atom is -0.393 e. The van der Waals surface area contributed by atoms with Crippen molar-refractivity contribution in [3.05, 3.63) is 71.8 Å². The van der Waals surface area contributed by atoms with E-state index in [0.717, 1.165) is 37.7 Å². The Morgan fingerprint density at radius 2 is 1.66 bits per heavy atom. The van der Waals surface area contributed by atoms with E-state index in [4.69, 9.17) is 9.47 Å². The van der Waals surface area contributed by atoms with Gasteiger partial charge in [0.1, 0.15) is 0 Å². The van der Waals surface area contributed by atoms with Crippen LogP contribution in [0, 0.1) is 22.7 Å². The minimum absolute atomic E-state index is 0.0196. The highest BCUT2D eigenvalue weighted by Gasteiger charge is 2.61. The maximum absolute atomic E-state index is 13.0. The monoisotopic (exact) mass is 477 g/mol. The highest BCUT2D eigenvalue weighted by atomic mass is 16.7. The fourth-order valence-electron chi connectivity index (χ4n) is 7.27. The maximum Gasteiger partial charge on any atom is 0.220 e. The highest BCUT2D eigenvalue weighted by Crippen LogP contribution is 2.62. The van der Waals surface area contributed by atoms with Crippen molar-refractivity contribution in [2.24, 2.45) is 22.7 Å². The predicted molar refractivity (Wildman–Crippen MR) is 135 cm³/mol. The SMILES string of the molecule is C[C@@]12CO[C@@H](Cc3ccccc3)O[C@@H]1CC[C@]1(C)[C@H]2CC[C@@H](O)[C@H]1CC(=O)NCc1ccccc1. The lowest BCUT2D eigenvalue weighted by molar-refractivity contribution is -0.308. The van der Waals surface area contributed by atoms with E-state index in [0.29, 0.717) is 25.5 Å². The molecule has 5 rings (SSSR count). The highest BCUT2D eigenvalue weighted by molar-refractivity contribution is 5.76. The molecule has 0 bridgehead atoms. The Labute approximate surface area is 209 Å².